The highest BCUT2D eigenvalue weighted by molar-refractivity contribution is 7.98. The van der Waals surface area contributed by atoms with Crippen LogP contribution in [0, 0.1) is 17.0 Å². The van der Waals surface area contributed by atoms with Crippen LogP contribution in [0.25, 0.3) is 11.5 Å². The molecule has 1 atom stereocenters. The molecule has 1 heterocycles. The van der Waals surface area contributed by atoms with E-state index in [0.717, 1.165) is 11.1 Å². The summed E-state index contributed by atoms with van der Waals surface area (Å²) in [4.78, 5) is 23.8. The summed E-state index contributed by atoms with van der Waals surface area (Å²) in [6, 6.07) is 11.8. The first-order valence-corrected chi connectivity index (χ1v) is 9.55. The molecular formula is C19H17N3O5S. The number of nitro groups is 1. The second kappa shape index (κ2) is 8.22. The summed E-state index contributed by atoms with van der Waals surface area (Å²) in [5, 5.41) is 19.1. The monoisotopic (exact) mass is 399 g/mol. The third-order valence-electron chi connectivity index (χ3n) is 3.99. The molecule has 0 aliphatic carbocycles. The van der Waals surface area contributed by atoms with E-state index >= 15 is 0 Å². The molecule has 0 spiro atoms. The van der Waals surface area contributed by atoms with E-state index in [1.165, 1.54) is 23.9 Å². The van der Waals surface area contributed by atoms with Crippen LogP contribution < -0.4 is 0 Å². The van der Waals surface area contributed by atoms with Gasteiger partial charge in [-0.25, -0.2) is 4.79 Å². The molecule has 0 aliphatic rings. The van der Waals surface area contributed by atoms with Crippen molar-refractivity contribution in [2.24, 2.45) is 0 Å². The molecule has 9 heteroatoms. The average molecular weight is 399 g/mol. The Labute approximate surface area is 165 Å². The predicted octanol–water partition coefficient (Wildman–Crippen LogP) is 4.59. The second-order valence-electron chi connectivity index (χ2n) is 6.00. The van der Waals surface area contributed by atoms with Crippen molar-refractivity contribution in [1.82, 2.24) is 10.2 Å². The molecule has 3 rings (SSSR count). The lowest BCUT2D eigenvalue weighted by molar-refractivity contribution is -0.385. The van der Waals surface area contributed by atoms with Crippen LogP contribution in [0.4, 0.5) is 5.69 Å². The molecule has 0 aliphatic heterocycles. The highest BCUT2D eigenvalue weighted by Crippen LogP contribution is 2.28. The second-order valence-corrected chi connectivity index (χ2v) is 6.88. The minimum absolute atomic E-state index is 0.104. The Balaban J connectivity index is 1.80. The maximum absolute atomic E-state index is 12.5. The van der Waals surface area contributed by atoms with Crippen LogP contribution in [0.5, 0.6) is 0 Å². The molecule has 0 amide bonds. The van der Waals surface area contributed by atoms with Crippen molar-refractivity contribution in [2.75, 3.05) is 6.26 Å². The minimum atomic E-state index is -0.864. The van der Waals surface area contributed by atoms with Gasteiger partial charge in [0.15, 0.2) is 6.10 Å². The van der Waals surface area contributed by atoms with Gasteiger partial charge in [-0.05, 0) is 44.4 Å². The molecule has 0 saturated heterocycles. The molecule has 0 saturated carbocycles. The molecule has 144 valence electrons. The van der Waals surface area contributed by atoms with Crippen molar-refractivity contribution in [1.29, 1.82) is 0 Å². The van der Waals surface area contributed by atoms with Crippen molar-refractivity contribution in [2.45, 2.75) is 24.8 Å². The van der Waals surface area contributed by atoms with Crippen molar-refractivity contribution < 1.29 is 18.9 Å². The summed E-state index contributed by atoms with van der Waals surface area (Å²) in [6.45, 7) is 3.53. The molecule has 0 fully saturated rings. The van der Waals surface area contributed by atoms with Crippen LogP contribution in [0.15, 0.2) is 51.8 Å². The summed E-state index contributed by atoms with van der Waals surface area (Å²) in [7, 11) is 0. The minimum Gasteiger partial charge on any atom is -0.449 e. The van der Waals surface area contributed by atoms with E-state index in [2.05, 4.69) is 10.2 Å². The first-order chi connectivity index (χ1) is 13.4. The fourth-order valence-electron chi connectivity index (χ4n) is 2.45. The molecular weight excluding hydrogens is 382 g/mol. The van der Waals surface area contributed by atoms with Crippen molar-refractivity contribution in [3.05, 3.63) is 69.6 Å². The van der Waals surface area contributed by atoms with Crippen LogP contribution in [0.2, 0.25) is 0 Å². The summed E-state index contributed by atoms with van der Waals surface area (Å²) in [5.41, 5.74) is 1.40. The fourth-order valence-corrected chi connectivity index (χ4v) is 2.89. The lowest BCUT2D eigenvalue weighted by Crippen LogP contribution is -2.11. The number of aryl methyl sites for hydroxylation is 1. The molecule has 28 heavy (non-hydrogen) atoms. The maximum atomic E-state index is 12.5. The number of thioether (sulfide) groups is 1. The Morgan fingerprint density at radius 3 is 2.57 bits per heavy atom. The van der Waals surface area contributed by atoms with Crippen LogP contribution in [0.1, 0.15) is 34.8 Å². The topological polar surface area (TPSA) is 108 Å². The van der Waals surface area contributed by atoms with Gasteiger partial charge in [0.25, 0.3) is 11.6 Å². The van der Waals surface area contributed by atoms with Gasteiger partial charge in [-0.1, -0.05) is 17.7 Å². The Kier molecular flexibility index (Phi) is 5.74. The number of rotatable bonds is 6. The average Bonchev–Trinajstić information content (AvgIpc) is 3.18. The predicted molar refractivity (Wildman–Crippen MR) is 103 cm³/mol. The number of carbonyl (C=O) groups is 1. The van der Waals surface area contributed by atoms with Gasteiger partial charge in [0.1, 0.15) is 5.56 Å². The SMILES string of the molecule is CSc1ccc([N+](=O)[O-])c(C(=O)OC(C)c2nnc(-c3ccc(C)cc3)o2)c1. The van der Waals surface area contributed by atoms with Crippen LogP contribution in [0.3, 0.4) is 0 Å². The number of aromatic nitrogens is 2. The van der Waals surface area contributed by atoms with Gasteiger partial charge < -0.3 is 9.15 Å². The highest BCUT2D eigenvalue weighted by atomic mass is 32.2. The number of ether oxygens (including phenoxy) is 1. The maximum Gasteiger partial charge on any atom is 0.345 e. The van der Waals surface area contributed by atoms with Gasteiger partial charge in [0.2, 0.25) is 5.89 Å². The van der Waals surface area contributed by atoms with Gasteiger partial charge in [-0.15, -0.1) is 22.0 Å². The molecule has 1 unspecified atom stereocenters. The van der Waals surface area contributed by atoms with Gasteiger partial charge in [-0.2, -0.15) is 0 Å². The van der Waals surface area contributed by atoms with Gasteiger partial charge in [-0.3, -0.25) is 10.1 Å². The number of hydrogen-bond donors (Lipinski definition) is 0. The Morgan fingerprint density at radius 1 is 1.21 bits per heavy atom. The number of esters is 1. The van der Waals surface area contributed by atoms with E-state index in [4.69, 9.17) is 9.15 Å². The van der Waals surface area contributed by atoms with E-state index in [1.54, 1.807) is 13.0 Å². The third kappa shape index (κ3) is 4.20. The molecule has 0 N–H and O–H groups in total. The normalized spacial score (nSPS) is 11.8. The van der Waals surface area contributed by atoms with Crippen molar-refractivity contribution >= 4 is 23.4 Å². The Hall–Kier alpha value is -3.20. The van der Waals surface area contributed by atoms with Crippen LogP contribution in [-0.4, -0.2) is 27.3 Å². The zero-order valence-electron chi connectivity index (χ0n) is 15.4. The standard InChI is InChI=1S/C19H17N3O5S/c1-11-4-6-13(7-5-11)18-21-20-17(27-18)12(2)26-19(23)15-10-14(28-3)8-9-16(15)22(24)25/h4-10,12H,1-3H3. The van der Waals surface area contributed by atoms with Crippen LogP contribution >= 0.6 is 11.8 Å². The quantitative estimate of drug-likeness (QED) is 0.256. The Morgan fingerprint density at radius 2 is 1.93 bits per heavy atom. The van der Waals surface area contributed by atoms with Gasteiger partial charge in [0, 0.05) is 16.5 Å². The number of carbonyl (C=O) groups excluding carboxylic acids is 1. The van der Waals surface area contributed by atoms with E-state index in [1.807, 2.05) is 37.4 Å². The fraction of sp³-hybridized carbons (Fsp3) is 0.211. The molecule has 3 aromatic rings. The zero-order chi connectivity index (χ0) is 20.3. The van der Waals surface area contributed by atoms with E-state index in [9.17, 15) is 14.9 Å². The molecule has 1 aromatic heterocycles. The number of benzene rings is 2. The molecule has 0 bridgehead atoms. The molecule has 8 nitrogen and oxygen atoms in total. The van der Waals surface area contributed by atoms with E-state index in [-0.39, 0.29) is 17.1 Å². The van der Waals surface area contributed by atoms with E-state index < -0.39 is 17.0 Å². The summed E-state index contributed by atoms with van der Waals surface area (Å²) >= 11 is 1.37. The smallest absolute Gasteiger partial charge is 0.345 e. The Bertz CT molecular complexity index is 1020. The summed E-state index contributed by atoms with van der Waals surface area (Å²) < 4.78 is 10.9. The van der Waals surface area contributed by atoms with Crippen molar-refractivity contribution in [3.8, 4) is 11.5 Å². The van der Waals surface area contributed by atoms with Gasteiger partial charge in [0.05, 0.1) is 4.92 Å². The van der Waals surface area contributed by atoms with Crippen LogP contribution in [-0.2, 0) is 4.74 Å². The third-order valence-corrected chi connectivity index (χ3v) is 4.72. The summed E-state index contributed by atoms with van der Waals surface area (Å²) in [6.07, 6.45) is 0.945. The highest BCUT2D eigenvalue weighted by Gasteiger charge is 2.26. The van der Waals surface area contributed by atoms with Crippen molar-refractivity contribution in [3.63, 3.8) is 0 Å². The number of nitro benzene ring substituents is 1. The number of nitrogens with zero attached hydrogens (tertiary/aromatic N) is 3. The first kappa shape index (κ1) is 19.6. The lowest BCUT2D eigenvalue weighted by Gasteiger charge is -2.10. The summed E-state index contributed by atoms with van der Waals surface area (Å²) in [5.74, 6) is -0.425. The zero-order valence-corrected chi connectivity index (χ0v) is 16.2. The molecule has 2 aromatic carbocycles. The largest absolute Gasteiger partial charge is 0.449 e. The molecule has 0 radical (unpaired) electrons. The lowest BCUT2D eigenvalue weighted by atomic mass is 10.1. The van der Waals surface area contributed by atoms with E-state index in [0.29, 0.717) is 10.8 Å². The number of hydrogen-bond acceptors (Lipinski definition) is 8. The van der Waals surface area contributed by atoms with Gasteiger partial charge >= 0.3 is 5.97 Å². The first-order valence-electron chi connectivity index (χ1n) is 8.33.